The summed E-state index contributed by atoms with van der Waals surface area (Å²) in [5.74, 6) is -1.61. The first-order valence-electron chi connectivity index (χ1n) is 5.86. The van der Waals surface area contributed by atoms with Gasteiger partial charge in [-0.2, -0.15) is 0 Å². The minimum atomic E-state index is -3.83. The van der Waals surface area contributed by atoms with Crippen LogP contribution in [0.4, 0.5) is 5.69 Å². The van der Waals surface area contributed by atoms with Crippen LogP contribution in [-0.4, -0.2) is 37.2 Å². The van der Waals surface area contributed by atoms with Gasteiger partial charge in [0.15, 0.2) is 0 Å². The molecule has 1 aliphatic heterocycles. The molecule has 1 aliphatic rings. The average molecular weight is 298 g/mol. The van der Waals surface area contributed by atoms with E-state index < -0.39 is 27.1 Å². The lowest BCUT2D eigenvalue weighted by Crippen LogP contribution is -2.32. The van der Waals surface area contributed by atoms with Crippen LogP contribution in [0.2, 0.25) is 0 Å². The largest absolute Gasteiger partial charge is 0.478 e. The Morgan fingerprint density at radius 1 is 1.45 bits per heavy atom. The number of sulfonamides is 1. The fourth-order valence-corrected chi connectivity index (χ4v) is 3.01. The molecular weight excluding hydrogens is 284 g/mol. The van der Waals surface area contributed by atoms with E-state index in [-0.39, 0.29) is 24.2 Å². The van der Waals surface area contributed by atoms with Gasteiger partial charge < -0.3 is 10.0 Å². The number of nitrogens with two attached hydrogens (primary N) is 1. The van der Waals surface area contributed by atoms with Gasteiger partial charge in [-0.3, -0.25) is 4.79 Å². The van der Waals surface area contributed by atoms with Gasteiger partial charge in [-0.15, -0.1) is 0 Å². The zero-order valence-electron chi connectivity index (χ0n) is 10.7. The van der Waals surface area contributed by atoms with Crippen LogP contribution in [0.15, 0.2) is 18.2 Å². The van der Waals surface area contributed by atoms with E-state index in [1.165, 1.54) is 11.0 Å². The Labute approximate surface area is 116 Å². The van der Waals surface area contributed by atoms with Crippen molar-refractivity contribution < 1.29 is 23.1 Å². The highest BCUT2D eigenvalue weighted by atomic mass is 32.2. The van der Waals surface area contributed by atoms with Crippen LogP contribution >= 0.6 is 0 Å². The number of anilines is 1. The molecule has 3 N–H and O–H groups in total. The van der Waals surface area contributed by atoms with Crippen molar-refractivity contribution in [2.24, 2.45) is 5.14 Å². The van der Waals surface area contributed by atoms with Gasteiger partial charge in [0.05, 0.1) is 11.3 Å². The van der Waals surface area contributed by atoms with E-state index in [1.54, 1.807) is 19.1 Å². The monoisotopic (exact) mass is 298 g/mol. The third kappa shape index (κ3) is 2.52. The van der Waals surface area contributed by atoms with Crippen LogP contribution in [0.5, 0.6) is 0 Å². The molecule has 0 radical (unpaired) electrons. The molecule has 1 amide bonds. The van der Waals surface area contributed by atoms with Gasteiger partial charge in [-0.25, -0.2) is 18.4 Å². The standard InChI is InChI=1S/C12H14N2O5S/c1-7-3-2-4-9(11(7)12(16)17)14-6-8(5-10(14)15)20(13,18)19/h2-4,8H,5-6H2,1H3,(H,16,17)(H2,13,18,19). The minimum Gasteiger partial charge on any atom is -0.478 e. The molecule has 1 unspecified atom stereocenters. The van der Waals surface area contributed by atoms with Gasteiger partial charge in [0.25, 0.3) is 0 Å². The number of hydrogen-bond acceptors (Lipinski definition) is 4. The lowest BCUT2D eigenvalue weighted by atomic mass is 10.1. The molecule has 1 saturated heterocycles. The van der Waals surface area contributed by atoms with Crippen molar-refractivity contribution in [3.05, 3.63) is 29.3 Å². The molecule has 108 valence electrons. The number of benzene rings is 1. The summed E-state index contributed by atoms with van der Waals surface area (Å²) in [4.78, 5) is 24.4. The van der Waals surface area contributed by atoms with E-state index in [2.05, 4.69) is 0 Å². The minimum absolute atomic E-state index is 0.00378. The van der Waals surface area contributed by atoms with Gasteiger partial charge >= 0.3 is 5.97 Å². The van der Waals surface area contributed by atoms with Crippen molar-refractivity contribution in [2.45, 2.75) is 18.6 Å². The predicted molar refractivity (Wildman–Crippen MR) is 72.0 cm³/mol. The number of primary sulfonamides is 1. The molecule has 1 aromatic rings. The van der Waals surface area contributed by atoms with Gasteiger partial charge in [0.2, 0.25) is 15.9 Å². The number of carbonyl (C=O) groups excluding carboxylic acids is 1. The van der Waals surface area contributed by atoms with Crippen LogP contribution in [-0.2, 0) is 14.8 Å². The van der Waals surface area contributed by atoms with Crippen LogP contribution < -0.4 is 10.0 Å². The summed E-state index contributed by atoms with van der Waals surface area (Å²) in [5.41, 5.74) is 0.700. The maximum atomic E-state index is 11.9. The van der Waals surface area contributed by atoms with E-state index in [1.807, 2.05) is 0 Å². The molecule has 0 aromatic heterocycles. The predicted octanol–water partition coefficient (Wildman–Crippen LogP) is 0.0870. The number of hydrogen-bond donors (Lipinski definition) is 2. The van der Waals surface area contributed by atoms with Gasteiger partial charge in [-0.1, -0.05) is 12.1 Å². The highest BCUT2D eigenvalue weighted by Gasteiger charge is 2.38. The normalized spacial score (nSPS) is 19.4. The van der Waals surface area contributed by atoms with Crippen molar-refractivity contribution in [3.8, 4) is 0 Å². The topological polar surface area (TPSA) is 118 Å². The summed E-state index contributed by atoms with van der Waals surface area (Å²) in [6, 6.07) is 4.72. The number of aromatic carboxylic acids is 1. The molecule has 1 heterocycles. The van der Waals surface area contributed by atoms with Crippen LogP contribution in [0.1, 0.15) is 22.3 Å². The number of carboxylic acid groups (broad SMARTS) is 1. The second-order valence-corrected chi connectivity index (χ2v) is 6.54. The molecular formula is C12H14N2O5S. The third-order valence-corrected chi connectivity index (χ3v) is 4.55. The number of carbonyl (C=O) groups is 2. The third-order valence-electron chi connectivity index (χ3n) is 3.31. The Kier molecular flexibility index (Phi) is 3.53. The highest BCUT2D eigenvalue weighted by molar-refractivity contribution is 7.89. The van der Waals surface area contributed by atoms with Crippen molar-refractivity contribution in [1.29, 1.82) is 0 Å². The molecule has 1 aromatic carbocycles. The highest BCUT2D eigenvalue weighted by Crippen LogP contribution is 2.29. The first-order chi connectivity index (χ1) is 9.21. The maximum Gasteiger partial charge on any atom is 0.338 e. The van der Waals surface area contributed by atoms with Crippen LogP contribution in [0.25, 0.3) is 0 Å². The summed E-state index contributed by atoms with van der Waals surface area (Å²) in [6.07, 6.45) is -0.230. The zero-order chi connectivity index (χ0) is 15.1. The summed E-state index contributed by atoms with van der Waals surface area (Å²) < 4.78 is 22.6. The average Bonchev–Trinajstić information content (AvgIpc) is 2.70. The molecule has 0 saturated carbocycles. The zero-order valence-corrected chi connectivity index (χ0v) is 11.6. The number of amides is 1. The Bertz CT molecular complexity index is 683. The van der Waals surface area contributed by atoms with E-state index in [0.717, 1.165) is 0 Å². The summed E-state index contributed by atoms with van der Waals surface area (Å²) in [6.45, 7) is 1.49. The fourth-order valence-electron chi connectivity index (χ4n) is 2.28. The molecule has 1 fully saturated rings. The molecule has 2 rings (SSSR count). The second-order valence-electron chi connectivity index (χ2n) is 4.69. The van der Waals surface area contributed by atoms with E-state index >= 15 is 0 Å². The lowest BCUT2D eigenvalue weighted by molar-refractivity contribution is -0.117. The van der Waals surface area contributed by atoms with E-state index in [9.17, 15) is 23.1 Å². The molecule has 1 atom stereocenters. The Balaban J connectivity index is 2.46. The van der Waals surface area contributed by atoms with Gasteiger partial charge in [-0.05, 0) is 18.6 Å². The summed E-state index contributed by atoms with van der Waals surface area (Å²) >= 11 is 0. The van der Waals surface area contributed by atoms with Crippen molar-refractivity contribution in [3.63, 3.8) is 0 Å². The van der Waals surface area contributed by atoms with E-state index in [0.29, 0.717) is 5.56 Å². The van der Waals surface area contributed by atoms with Crippen LogP contribution in [0, 0.1) is 6.92 Å². The van der Waals surface area contributed by atoms with Gasteiger partial charge in [0.1, 0.15) is 5.25 Å². The Morgan fingerprint density at radius 3 is 2.60 bits per heavy atom. The molecule has 20 heavy (non-hydrogen) atoms. The summed E-state index contributed by atoms with van der Waals surface area (Å²) in [7, 11) is -3.83. The first kappa shape index (κ1) is 14.5. The quantitative estimate of drug-likeness (QED) is 0.819. The smallest absolute Gasteiger partial charge is 0.338 e. The number of nitrogens with zero attached hydrogens (tertiary/aromatic N) is 1. The number of aryl methyl sites for hydroxylation is 1. The maximum absolute atomic E-state index is 11.9. The van der Waals surface area contributed by atoms with Crippen molar-refractivity contribution >= 4 is 27.6 Å². The SMILES string of the molecule is Cc1cccc(N2CC(S(N)(=O)=O)CC2=O)c1C(=O)O. The fraction of sp³-hybridized carbons (Fsp3) is 0.333. The molecule has 0 aliphatic carbocycles. The molecule has 8 heteroatoms. The van der Waals surface area contributed by atoms with E-state index in [4.69, 9.17) is 5.14 Å². The first-order valence-corrected chi connectivity index (χ1v) is 7.47. The molecule has 0 spiro atoms. The Hall–Kier alpha value is -1.93. The molecule has 7 nitrogen and oxygen atoms in total. The number of rotatable bonds is 3. The van der Waals surface area contributed by atoms with Crippen molar-refractivity contribution in [1.82, 2.24) is 0 Å². The van der Waals surface area contributed by atoms with Crippen LogP contribution in [0.3, 0.4) is 0 Å². The Morgan fingerprint density at radius 2 is 2.10 bits per heavy atom. The second kappa shape index (κ2) is 4.88. The van der Waals surface area contributed by atoms with Gasteiger partial charge in [0, 0.05) is 13.0 Å². The lowest BCUT2D eigenvalue weighted by Gasteiger charge is -2.19. The number of carboxylic acids is 1. The summed E-state index contributed by atoms with van der Waals surface area (Å²) in [5, 5.41) is 13.3. The van der Waals surface area contributed by atoms with Crippen molar-refractivity contribution in [2.75, 3.05) is 11.4 Å². The molecule has 0 bridgehead atoms.